The number of hydrogen-bond acceptors (Lipinski definition) is 8. The monoisotopic (exact) mass is 527 g/mol. The number of nitrogens with one attached hydrogen (secondary N) is 2. The Morgan fingerprint density at radius 2 is 1.87 bits per heavy atom. The van der Waals surface area contributed by atoms with Gasteiger partial charge in [-0.25, -0.2) is 13.9 Å². The second-order valence-corrected chi connectivity index (χ2v) is 8.19. The Kier molecular flexibility index (Phi) is 5.66. The van der Waals surface area contributed by atoms with Crippen LogP contribution in [0.2, 0.25) is 0 Å². The Morgan fingerprint density at radius 1 is 1.11 bits per heavy atom. The van der Waals surface area contributed by atoms with Crippen LogP contribution in [0.25, 0.3) is 16.7 Å². The van der Waals surface area contributed by atoms with Crippen LogP contribution in [0.15, 0.2) is 41.7 Å². The number of halogens is 4. The molecule has 0 aliphatic heterocycles. The van der Waals surface area contributed by atoms with Crippen LogP contribution in [0.1, 0.15) is 11.1 Å². The molecule has 0 radical (unpaired) electrons. The van der Waals surface area contributed by atoms with Gasteiger partial charge in [-0.1, -0.05) is 0 Å². The van der Waals surface area contributed by atoms with Crippen LogP contribution in [0, 0.1) is 17.1 Å². The van der Waals surface area contributed by atoms with E-state index in [1.807, 2.05) is 6.07 Å². The minimum atomic E-state index is -4.68. The predicted octanol–water partition coefficient (Wildman–Crippen LogP) is 3.92. The zero-order chi connectivity index (χ0) is 27.4. The molecule has 5 heterocycles. The highest BCUT2D eigenvalue weighted by Gasteiger charge is 2.32. The van der Waals surface area contributed by atoms with Crippen molar-refractivity contribution in [3.8, 4) is 17.6 Å². The summed E-state index contributed by atoms with van der Waals surface area (Å²) in [5, 5.41) is 19.4. The Hall–Kier alpha value is -5.13. The molecule has 15 heteroatoms. The van der Waals surface area contributed by atoms with Crippen LogP contribution in [0.5, 0.6) is 11.5 Å². The SMILES string of the molecule is CNc1cc(F)c2c(Oc3cnc4nc(Nc5cc(C(F)(F)F)cn(C)c5=O)n(C)c4c3C#N)cnn2c1. The summed E-state index contributed by atoms with van der Waals surface area (Å²) in [6.45, 7) is 0. The van der Waals surface area contributed by atoms with Crippen molar-refractivity contribution in [2.75, 3.05) is 17.7 Å². The Labute approximate surface area is 210 Å². The lowest BCUT2D eigenvalue weighted by molar-refractivity contribution is -0.138. The van der Waals surface area contributed by atoms with Crippen LogP contribution in [-0.4, -0.2) is 35.8 Å². The fourth-order valence-electron chi connectivity index (χ4n) is 3.90. The molecule has 5 rings (SSSR count). The first-order valence-corrected chi connectivity index (χ1v) is 10.8. The summed E-state index contributed by atoms with van der Waals surface area (Å²) in [7, 11) is 4.30. The molecule has 11 nitrogen and oxygen atoms in total. The molecule has 0 aliphatic rings. The smallest absolute Gasteiger partial charge is 0.417 e. The first kappa shape index (κ1) is 24.6. The Bertz CT molecular complexity index is 1830. The maximum absolute atomic E-state index is 14.7. The number of nitriles is 1. The third-order valence-electron chi connectivity index (χ3n) is 5.77. The number of aryl methyl sites for hydroxylation is 2. The van der Waals surface area contributed by atoms with E-state index in [0.29, 0.717) is 18.0 Å². The molecule has 0 unspecified atom stereocenters. The van der Waals surface area contributed by atoms with Crippen LogP contribution in [0.3, 0.4) is 0 Å². The normalized spacial score (nSPS) is 11.6. The van der Waals surface area contributed by atoms with Crippen molar-refractivity contribution in [3.63, 3.8) is 0 Å². The fourth-order valence-corrected chi connectivity index (χ4v) is 3.90. The van der Waals surface area contributed by atoms with Gasteiger partial charge in [-0.05, 0) is 6.07 Å². The van der Waals surface area contributed by atoms with Gasteiger partial charge in [0.25, 0.3) is 5.56 Å². The lowest BCUT2D eigenvalue weighted by Gasteiger charge is -2.12. The van der Waals surface area contributed by atoms with Crippen LogP contribution in [-0.2, 0) is 20.3 Å². The van der Waals surface area contributed by atoms with E-state index in [2.05, 4.69) is 25.7 Å². The highest BCUT2D eigenvalue weighted by atomic mass is 19.4. The van der Waals surface area contributed by atoms with Crippen molar-refractivity contribution in [3.05, 3.63) is 64.2 Å². The molecule has 0 amide bonds. The van der Waals surface area contributed by atoms with Gasteiger partial charge in [0.05, 0.1) is 29.8 Å². The summed E-state index contributed by atoms with van der Waals surface area (Å²) in [5.41, 5.74) is -1.41. The number of ether oxygens (including phenoxy) is 1. The second kappa shape index (κ2) is 8.76. The second-order valence-electron chi connectivity index (χ2n) is 8.19. The van der Waals surface area contributed by atoms with Gasteiger partial charge in [0.15, 0.2) is 23.0 Å². The molecule has 0 spiro atoms. The summed E-state index contributed by atoms with van der Waals surface area (Å²) < 4.78 is 63.8. The van der Waals surface area contributed by atoms with E-state index >= 15 is 0 Å². The van der Waals surface area contributed by atoms with Crippen molar-refractivity contribution in [1.82, 2.24) is 28.7 Å². The van der Waals surface area contributed by atoms with E-state index < -0.39 is 23.1 Å². The summed E-state index contributed by atoms with van der Waals surface area (Å²) >= 11 is 0. The van der Waals surface area contributed by atoms with Gasteiger partial charge < -0.3 is 24.5 Å². The Morgan fingerprint density at radius 3 is 2.55 bits per heavy atom. The number of aromatic nitrogens is 6. The van der Waals surface area contributed by atoms with Gasteiger partial charge in [-0.15, -0.1) is 0 Å². The number of hydrogen-bond donors (Lipinski definition) is 2. The summed E-state index contributed by atoms with van der Waals surface area (Å²) in [5.74, 6) is -0.668. The van der Waals surface area contributed by atoms with E-state index in [0.717, 1.165) is 4.57 Å². The number of anilines is 3. The van der Waals surface area contributed by atoms with E-state index in [9.17, 15) is 27.6 Å². The molecule has 5 aromatic heterocycles. The van der Waals surface area contributed by atoms with Crippen molar-refractivity contribution in [2.24, 2.45) is 14.1 Å². The van der Waals surface area contributed by atoms with E-state index in [-0.39, 0.29) is 45.4 Å². The van der Waals surface area contributed by atoms with Gasteiger partial charge >= 0.3 is 6.18 Å². The van der Waals surface area contributed by atoms with Crippen LogP contribution in [0.4, 0.5) is 34.9 Å². The van der Waals surface area contributed by atoms with Crippen molar-refractivity contribution < 1.29 is 22.3 Å². The number of fused-ring (bicyclic) bond motifs is 2. The highest BCUT2D eigenvalue weighted by Crippen LogP contribution is 2.35. The minimum Gasteiger partial charge on any atom is -0.450 e. The quantitative estimate of drug-likeness (QED) is 0.330. The third kappa shape index (κ3) is 4.01. The first-order chi connectivity index (χ1) is 18.0. The number of alkyl halides is 3. The molecule has 0 aromatic carbocycles. The van der Waals surface area contributed by atoms with Gasteiger partial charge in [-0.3, -0.25) is 4.79 Å². The maximum Gasteiger partial charge on any atom is 0.417 e. The fraction of sp³-hybridized carbons (Fsp3) is 0.174. The van der Waals surface area contributed by atoms with Gasteiger partial charge in [0.2, 0.25) is 5.95 Å². The molecule has 0 fully saturated rings. The van der Waals surface area contributed by atoms with E-state index in [4.69, 9.17) is 4.74 Å². The molecule has 38 heavy (non-hydrogen) atoms. The predicted molar refractivity (Wildman–Crippen MR) is 128 cm³/mol. The summed E-state index contributed by atoms with van der Waals surface area (Å²) in [6.07, 6.45) is 0.0503. The third-order valence-corrected chi connectivity index (χ3v) is 5.77. The van der Waals surface area contributed by atoms with Crippen molar-refractivity contribution in [1.29, 1.82) is 5.26 Å². The standard InChI is InChI=1S/C23H17F4N9O2/c1-29-12-5-14(24)19-17(8-31-36(19)10-12)38-16-7-30-20-18(13(16)6-28)35(3)22(33-20)32-15-4-11(23(25,26)27)9-34(2)21(15)37/h4-5,7-10,29H,1-3H3,(H,30,32,33). The molecule has 0 saturated carbocycles. The van der Waals surface area contributed by atoms with Gasteiger partial charge in [-0.2, -0.15) is 28.5 Å². The topological polar surface area (TPSA) is 127 Å². The molecular weight excluding hydrogens is 510 g/mol. The van der Waals surface area contributed by atoms with E-state index in [1.165, 1.54) is 41.6 Å². The maximum atomic E-state index is 14.7. The average molecular weight is 527 g/mol. The first-order valence-electron chi connectivity index (χ1n) is 10.8. The van der Waals surface area contributed by atoms with Gasteiger partial charge in [0, 0.05) is 33.4 Å². The zero-order valence-electron chi connectivity index (χ0n) is 19.9. The number of imidazole rings is 1. The van der Waals surface area contributed by atoms with Crippen molar-refractivity contribution in [2.45, 2.75) is 6.18 Å². The van der Waals surface area contributed by atoms with Crippen LogP contribution >= 0.6 is 0 Å². The molecule has 0 atom stereocenters. The highest BCUT2D eigenvalue weighted by molar-refractivity contribution is 5.84. The van der Waals surface area contributed by atoms with Crippen molar-refractivity contribution >= 4 is 34.0 Å². The lowest BCUT2D eigenvalue weighted by atomic mass is 10.2. The number of nitrogens with zero attached hydrogens (tertiary/aromatic N) is 7. The molecule has 2 N–H and O–H groups in total. The largest absolute Gasteiger partial charge is 0.450 e. The molecule has 0 bridgehead atoms. The van der Waals surface area contributed by atoms with E-state index in [1.54, 1.807) is 13.2 Å². The molecule has 5 aromatic rings. The van der Waals surface area contributed by atoms with Gasteiger partial charge in [0.1, 0.15) is 28.4 Å². The van der Waals surface area contributed by atoms with Crippen LogP contribution < -0.4 is 20.9 Å². The lowest BCUT2D eigenvalue weighted by Crippen LogP contribution is -2.23. The molecule has 0 saturated heterocycles. The number of rotatable bonds is 5. The minimum absolute atomic E-state index is 0.0239. The molecule has 194 valence electrons. The Balaban J connectivity index is 1.57. The summed E-state index contributed by atoms with van der Waals surface area (Å²) in [4.78, 5) is 20.9. The summed E-state index contributed by atoms with van der Waals surface area (Å²) in [6, 6.07) is 3.93. The number of pyridine rings is 3. The zero-order valence-corrected chi connectivity index (χ0v) is 19.9. The molecule has 0 aliphatic carbocycles. The molecular formula is C23H17F4N9O2. The average Bonchev–Trinajstić information content (AvgIpc) is 3.42.